The third-order valence-electron chi connectivity index (χ3n) is 5.42. The number of piperidine rings is 1. The van der Waals surface area contributed by atoms with Crippen LogP contribution in [0.5, 0.6) is 0 Å². The van der Waals surface area contributed by atoms with Crippen molar-refractivity contribution in [3.05, 3.63) is 0 Å². The zero-order chi connectivity index (χ0) is 12.9. The summed E-state index contributed by atoms with van der Waals surface area (Å²) in [6, 6.07) is 0.903. The Balaban J connectivity index is 1.44. The number of hydrogen-bond acceptors (Lipinski definition) is 3. The van der Waals surface area contributed by atoms with Crippen molar-refractivity contribution in [3.63, 3.8) is 0 Å². The van der Waals surface area contributed by atoms with Crippen LogP contribution >= 0.6 is 0 Å². The van der Waals surface area contributed by atoms with Crippen molar-refractivity contribution < 1.29 is 0 Å². The van der Waals surface area contributed by atoms with Gasteiger partial charge < -0.3 is 15.1 Å². The van der Waals surface area contributed by atoms with E-state index >= 15 is 0 Å². The Morgan fingerprint density at radius 3 is 2.37 bits per heavy atom. The van der Waals surface area contributed by atoms with Gasteiger partial charge in [0.1, 0.15) is 0 Å². The topological polar surface area (TPSA) is 18.5 Å². The molecule has 0 aromatic rings. The minimum absolute atomic E-state index is 0.903. The van der Waals surface area contributed by atoms with Gasteiger partial charge in [0, 0.05) is 12.6 Å². The zero-order valence-electron chi connectivity index (χ0n) is 12.4. The average Bonchev–Trinajstić information content (AvgIpc) is 2.88. The van der Waals surface area contributed by atoms with Gasteiger partial charge in [0.05, 0.1) is 0 Å². The van der Waals surface area contributed by atoms with Crippen molar-refractivity contribution in [3.8, 4) is 0 Å². The second-order valence-electron chi connectivity index (χ2n) is 6.82. The first kappa shape index (κ1) is 13.8. The van der Waals surface area contributed by atoms with E-state index in [-0.39, 0.29) is 0 Å². The smallest absolute Gasteiger partial charge is 0.0108 e. The summed E-state index contributed by atoms with van der Waals surface area (Å²) in [6.07, 6.45) is 9.96. The molecule has 0 saturated carbocycles. The highest BCUT2D eigenvalue weighted by Gasteiger charge is 2.25. The van der Waals surface area contributed by atoms with Gasteiger partial charge in [0.15, 0.2) is 0 Å². The number of rotatable bonds is 3. The third kappa shape index (κ3) is 3.93. The molecule has 3 fully saturated rings. The predicted octanol–water partition coefficient (Wildman–Crippen LogP) is 1.94. The van der Waals surface area contributed by atoms with E-state index in [0.29, 0.717) is 0 Å². The minimum atomic E-state index is 0.903. The second kappa shape index (κ2) is 7.05. The lowest BCUT2D eigenvalue weighted by Gasteiger charge is -2.30. The molecule has 19 heavy (non-hydrogen) atoms. The Labute approximate surface area is 118 Å². The van der Waals surface area contributed by atoms with Crippen molar-refractivity contribution in [2.45, 2.75) is 51.0 Å². The van der Waals surface area contributed by atoms with Crippen LogP contribution < -0.4 is 5.32 Å². The summed E-state index contributed by atoms with van der Waals surface area (Å²) in [5, 5.41) is 3.48. The van der Waals surface area contributed by atoms with Crippen molar-refractivity contribution in [2.75, 3.05) is 45.8 Å². The fourth-order valence-corrected chi connectivity index (χ4v) is 4.22. The molecule has 3 aliphatic heterocycles. The molecule has 3 rings (SSSR count). The first-order valence-corrected chi connectivity index (χ1v) is 8.59. The fraction of sp³-hybridized carbons (Fsp3) is 1.00. The monoisotopic (exact) mass is 265 g/mol. The molecule has 0 spiro atoms. The fourth-order valence-electron chi connectivity index (χ4n) is 4.22. The van der Waals surface area contributed by atoms with Crippen LogP contribution in [-0.2, 0) is 0 Å². The number of hydrogen-bond donors (Lipinski definition) is 1. The van der Waals surface area contributed by atoms with Crippen molar-refractivity contribution in [1.82, 2.24) is 15.1 Å². The maximum absolute atomic E-state index is 3.48. The summed E-state index contributed by atoms with van der Waals surface area (Å²) in [5.41, 5.74) is 0. The Hall–Kier alpha value is -0.120. The van der Waals surface area contributed by atoms with Gasteiger partial charge in [0.2, 0.25) is 0 Å². The molecule has 0 aromatic heterocycles. The van der Waals surface area contributed by atoms with Crippen LogP contribution in [0.4, 0.5) is 0 Å². The van der Waals surface area contributed by atoms with Crippen LogP contribution in [0, 0.1) is 5.92 Å². The minimum Gasteiger partial charge on any atom is -0.317 e. The number of likely N-dealkylation sites (tertiary alicyclic amines) is 2. The summed E-state index contributed by atoms with van der Waals surface area (Å²) in [6.45, 7) is 9.31. The van der Waals surface area contributed by atoms with Crippen molar-refractivity contribution in [1.29, 1.82) is 0 Å². The van der Waals surface area contributed by atoms with E-state index in [1.807, 2.05) is 0 Å². The largest absolute Gasteiger partial charge is 0.317 e. The van der Waals surface area contributed by atoms with Crippen molar-refractivity contribution in [2.24, 2.45) is 5.92 Å². The SMILES string of the molecule is C1CC(N2CCCC2)CCN(CC2CCNCC2)C1. The highest BCUT2D eigenvalue weighted by molar-refractivity contribution is 4.82. The molecule has 110 valence electrons. The number of nitrogens with zero attached hydrogens (tertiary/aromatic N) is 2. The lowest BCUT2D eigenvalue weighted by atomic mass is 9.97. The highest BCUT2D eigenvalue weighted by Crippen LogP contribution is 2.22. The van der Waals surface area contributed by atoms with E-state index in [1.54, 1.807) is 0 Å². The van der Waals surface area contributed by atoms with Gasteiger partial charge in [-0.1, -0.05) is 0 Å². The molecule has 0 amide bonds. The first-order valence-electron chi connectivity index (χ1n) is 8.59. The summed E-state index contributed by atoms with van der Waals surface area (Å²) in [5.74, 6) is 0.963. The number of nitrogens with one attached hydrogen (secondary N) is 1. The predicted molar refractivity (Wildman–Crippen MR) is 80.5 cm³/mol. The molecule has 1 unspecified atom stereocenters. The lowest BCUT2D eigenvalue weighted by molar-refractivity contribution is 0.194. The van der Waals surface area contributed by atoms with Crippen LogP contribution in [0.3, 0.4) is 0 Å². The van der Waals surface area contributed by atoms with Crippen LogP contribution in [0.15, 0.2) is 0 Å². The maximum atomic E-state index is 3.48. The quantitative estimate of drug-likeness (QED) is 0.841. The van der Waals surface area contributed by atoms with Gasteiger partial charge in [-0.3, -0.25) is 0 Å². The van der Waals surface area contributed by atoms with Gasteiger partial charge in [-0.15, -0.1) is 0 Å². The van der Waals surface area contributed by atoms with Crippen LogP contribution in [0.1, 0.15) is 44.9 Å². The molecule has 0 aromatic carbocycles. The molecule has 1 atom stereocenters. The van der Waals surface area contributed by atoms with Gasteiger partial charge in [-0.05, 0) is 90.1 Å². The summed E-state index contributed by atoms with van der Waals surface area (Å²) >= 11 is 0. The molecular formula is C16H31N3. The maximum Gasteiger partial charge on any atom is 0.0108 e. The van der Waals surface area contributed by atoms with Gasteiger partial charge in [-0.25, -0.2) is 0 Å². The second-order valence-corrected chi connectivity index (χ2v) is 6.82. The third-order valence-corrected chi connectivity index (χ3v) is 5.42. The zero-order valence-corrected chi connectivity index (χ0v) is 12.4. The summed E-state index contributed by atoms with van der Waals surface area (Å²) < 4.78 is 0. The van der Waals surface area contributed by atoms with Crippen LogP contribution in [-0.4, -0.2) is 61.7 Å². The van der Waals surface area contributed by atoms with Crippen LogP contribution in [0.2, 0.25) is 0 Å². The molecule has 0 aliphatic carbocycles. The van der Waals surface area contributed by atoms with E-state index in [1.165, 1.54) is 90.8 Å². The molecule has 3 aliphatic rings. The molecule has 0 bridgehead atoms. The summed E-state index contributed by atoms with van der Waals surface area (Å²) in [7, 11) is 0. The summed E-state index contributed by atoms with van der Waals surface area (Å²) in [4.78, 5) is 5.54. The van der Waals surface area contributed by atoms with E-state index in [4.69, 9.17) is 0 Å². The lowest BCUT2D eigenvalue weighted by Crippen LogP contribution is -2.37. The molecule has 3 heterocycles. The first-order chi connectivity index (χ1) is 9.42. The molecule has 1 N–H and O–H groups in total. The van der Waals surface area contributed by atoms with Crippen molar-refractivity contribution >= 4 is 0 Å². The molecule has 3 heteroatoms. The van der Waals surface area contributed by atoms with Gasteiger partial charge >= 0.3 is 0 Å². The Bertz CT molecular complexity index is 257. The Morgan fingerprint density at radius 2 is 1.58 bits per heavy atom. The van der Waals surface area contributed by atoms with E-state index in [9.17, 15) is 0 Å². The molecule has 3 saturated heterocycles. The van der Waals surface area contributed by atoms with Gasteiger partial charge in [0.25, 0.3) is 0 Å². The average molecular weight is 265 g/mol. The molecule has 3 nitrogen and oxygen atoms in total. The Kier molecular flexibility index (Phi) is 5.14. The Morgan fingerprint density at radius 1 is 0.789 bits per heavy atom. The van der Waals surface area contributed by atoms with Crippen LogP contribution in [0.25, 0.3) is 0 Å². The molecular weight excluding hydrogens is 234 g/mol. The van der Waals surface area contributed by atoms with Gasteiger partial charge in [-0.2, -0.15) is 0 Å². The van der Waals surface area contributed by atoms with E-state index < -0.39 is 0 Å². The van der Waals surface area contributed by atoms with E-state index in [0.717, 1.165) is 12.0 Å². The normalized spacial score (nSPS) is 32.5. The highest BCUT2D eigenvalue weighted by atomic mass is 15.2. The molecule has 0 radical (unpaired) electrons. The van der Waals surface area contributed by atoms with E-state index in [2.05, 4.69) is 15.1 Å². The standard InChI is InChI=1S/C16H31N3/c1-2-12-19(11-1)16-4-3-10-18(13-7-16)14-15-5-8-17-9-6-15/h15-17H,1-14H2.